The number of hydrogen-bond donors (Lipinski definition) is 1. The van der Waals surface area contributed by atoms with E-state index in [4.69, 9.17) is 4.74 Å². The minimum atomic E-state index is -0.675. The van der Waals surface area contributed by atoms with Gasteiger partial charge in [0.2, 0.25) is 0 Å². The molecule has 140 valence electrons. The van der Waals surface area contributed by atoms with Crippen LogP contribution in [0.5, 0.6) is 5.75 Å². The summed E-state index contributed by atoms with van der Waals surface area (Å²) in [5.41, 5.74) is 1.51. The standard InChI is InChI=1S/C22H23NO4/c1-4-27-17-12-10-15(11-13-17)19-18(20(24)14(2)3)21(25)22(26)23(19)16-8-6-5-7-9-16/h5-14,19,25H,4H2,1-3H3. The van der Waals surface area contributed by atoms with Crippen molar-refractivity contribution in [2.24, 2.45) is 5.92 Å². The van der Waals surface area contributed by atoms with Gasteiger partial charge < -0.3 is 9.84 Å². The van der Waals surface area contributed by atoms with Crippen molar-refractivity contribution in [2.45, 2.75) is 26.8 Å². The zero-order valence-electron chi connectivity index (χ0n) is 15.7. The third-order valence-corrected chi connectivity index (χ3v) is 4.54. The molecule has 0 aromatic heterocycles. The zero-order valence-corrected chi connectivity index (χ0v) is 15.7. The fraction of sp³-hybridized carbons (Fsp3) is 0.273. The molecule has 0 fully saturated rings. The van der Waals surface area contributed by atoms with Gasteiger partial charge in [0.1, 0.15) is 5.75 Å². The molecule has 1 aliphatic rings. The van der Waals surface area contributed by atoms with Gasteiger partial charge >= 0.3 is 0 Å². The first-order chi connectivity index (χ1) is 13.0. The monoisotopic (exact) mass is 365 g/mol. The van der Waals surface area contributed by atoms with Gasteiger partial charge in [-0.2, -0.15) is 0 Å². The van der Waals surface area contributed by atoms with Crippen molar-refractivity contribution in [1.29, 1.82) is 0 Å². The van der Waals surface area contributed by atoms with E-state index in [-0.39, 0.29) is 17.3 Å². The number of hydrogen-bond acceptors (Lipinski definition) is 4. The Morgan fingerprint density at radius 3 is 2.30 bits per heavy atom. The van der Waals surface area contributed by atoms with Crippen LogP contribution >= 0.6 is 0 Å². The highest BCUT2D eigenvalue weighted by molar-refractivity contribution is 6.16. The molecule has 0 saturated carbocycles. The number of aliphatic hydroxyl groups excluding tert-OH is 1. The SMILES string of the molecule is CCOc1ccc(C2C(C(=O)C(C)C)=C(O)C(=O)N2c2ccccc2)cc1. The van der Waals surface area contributed by atoms with E-state index < -0.39 is 17.7 Å². The van der Waals surface area contributed by atoms with Gasteiger partial charge in [0, 0.05) is 11.6 Å². The van der Waals surface area contributed by atoms with E-state index in [0.717, 1.165) is 5.56 Å². The van der Waals surface area contributed by atoms with Crippen molar-refractivity contribution in [1.82, 2.24) is 0 Å². The van der Waals surface area contributed by atoms with Crippen LogP contribution in [0.25, 0.3) is 0 Å². The highest BCUT2D eigenvalue weighted by atomic mass is 16.5. The van der Waals surface area contributed by atoms with Crippen LogP contribution in [0.15, 0.2) is 65.9 Å². The molecule has 2 aromatic rings. The molecule has 0 radical (unpaired) electrons. The van der Waals surface area contributed by atoms with Crippen molar-refractivity contribution in [3.8, 4) is 5.75 Å². The molecule has 1 unspecified atom stereocenters. The summed E-state index contributed by atoms with van der Waals surface area (Å²) in [6.45, 7) is 5.97. The Morgan fingerprint density at radius 2 is 1.74 bits per heavy atom. The maximum absolute atomic E-state index is 12.8. The number of nitrogens with zero attached hydrogens (tertiary/aromatic N) is 1. The average Bonchev–Trinajstić information content (AvgIpc) is 2.94. The molecule has 1 heterocycles. The molecule has 5 heteroatoms. The lowest BCUT2D eigenvalue weighted by Gasteiger charge is -2.27. The lowest BCUT2D eigenvalue weighted by molar-refractivity contribution is -0.119. The third kappa shape index (κ3) is 3.45. The largest absolute Gasteiger partial charge is 0.503 e. The van der Waals surface area contributed by atoms with Crippen molar-refractivity contribution < 1.29 is 19.4 Å². The van der Waals surface area contributed by atoms with Crippen LogP contribution < -0.4 is 9.64 Å². The maximum Gasteiger partial charge on any atom is 0.294 e. The average molecular weight is 365 g/mol. The maximum atomic E-state index is 12.8. The number of carbonyl (C=O) groups is 2. The lowest BCUT2D eigenvalue weighted by atomic mass is 9.91. The molecule has 5 nitrogen and oxygen atoms in total. The van der Waals surface area contributed by atoms with Crippen molar-refractivity contribution in [3.63, 3.8) is 0 Å². The number of para-hydroxylation sites is 1. The topological polar surface area (TPSA) is 66.8 Å². The summed E-state index contributed by atoms with van der Waals surface area (Å²) in [5, 5.41) is 10.5. The molecule has 1 aliphatic heterocycles. The first kappa shape index (κ1) is 18.7. The third-order valence-electron chi connectivity index (χ3n) is 4.54. The van der Waals surface area contributed by atoms with Crippen molar-refractivity contribution in [2.75, 3.05) is 11.5 Å². The predicted molar refractivity (Wildman–Crippen MR) is 104 cm³/mol. The Hall–Kier alpha value is -3.08. The normalized spacial score (nSPS) is 17.0. The number of rotatable bonds is 6. The number of Topliss-reactive ketones (excluding diaryl/α,β-unsaturated/α-hetero) is 1. The summed E-state index contributed by atoms with van der Waals surface area (Å²) in [7, 11) is 0. The van der Waals surface area contributed by atoms with Gasteiger partial charge in [0.15, 0.2) is 11.5 Å². The van der Waals surface area contributed by atoms with E-state index in [1.165, 1.54) is 4.90 Å². The fourth-order valence-electron chi connectivity index (χ4n) is 3.25. The van der Waals surface area contributed by atoms with E-state index >= 15 is 0 Å². The molecule has 3 rings (SSSR count). The number of aliphatic hydroxyl groups is 1. The molecule has 27 heavy (non-hydrogen) atoms. The minimum absolute atomic E-state index is 0.142. The minimum Gasteiger partial charge on any atom is -0.503 e. The quantitative estimate of drug-likeness (QED) is 0.833. The summed E-state index contributed by atoms with van der Waals surface area (Å²) in [4.78, 5) is 27.1. The van der Waals surface area contributed by atoms with E-state index in [1.54, 1.807) is 38.1 Å². The second-order valence-corrected chi connectivity index (χ2v) is 6.70. The summed E-state index contributed by atoms with van der Waals surface area (Å²) >= 11 is 0. The van der Waals surface area contributed by atoms with Crippen LogP contribution in [0, 0.1) is 5.92 Å². The second-order valence-electron chi connectivity index (χ2n) is 6.70. The van der Waals surface area contributed by atoms with Crippen LogP contribution in [-0.2, 0) is 9.59 Å². The molecule has 0 aliphatic carbocycles. The number of amides is 1. The van der Waals surface area contributed by atoms with E-state index in [9.17, 15) is 14.7 Å². The smallest absolute Gasteiger partial charge is 0.294 e. The molecular weight excluding hydrogens is 342 g/mol. The van der Waals surface area contributed by atoms with Crippen molar-refractivity contribution in [3.05, 3.63) is 71.5 Å². The van der Waals surface area contributed by atoms with Crippen LogP contribution in [-0.4, -0.2) is 23.4 Å². The van der Waals surface area contributed by atoms with Gasteiger partial charge in [-0.1, -0.05) is 44.2 Å². The Morgan fingerprint density at radius 1 is 1.11 bits per heavy atom. The Kier molecular flexibility index (Phi) is 5.31. The summed E-state index contributed by atoms with van der Waals surface area (Å²) in [6, 6.07) is 15.6. The molecule has 0 spiro atoms. The van der Waals surface area contributed by atoms with Crippen LogP contribution in [0.1, 0.15) is 32.4 Å². The van der Waals surface area contributed by atoms with E-state index in [2.05, 4.69) is 0 Å². The number of ether oxygens (including phenoxy) is 1. The molecule has 0 saturated heterocycles. The predicted octanol–water partition coefficient (Wildman–Crippen LogP) is 4.21. The van der Waals surface area contributed by atoms with Crippen LogP contribution in [0.3, 0.4) is 0 Å². The first-order valence-electron chi connectivity index (χ1n) is 9.04. The highest BCUT2D eigenvalue weighted by Gasteiger charge is 2.44. The van der Waals surface area contributed by atoms with Gasteiger partial charge in [-0.15, -0.1) is 0 Å². The Balaban J connectivity index is 2.12. The first-order valence-corrected chi connectivity index (χ1v) is 9.04. The van der Waals surface area contributed by atoms with Crippen LogP contribution in [0.4, 0.5) is 5.69 Å². The summed E-state index contributed by atoms with van der Waals surface area (Å²) in [5.74, 6) is -0.906. The van der Waals surface area contributed by atoms with Gasteiger partial charge in [-0.3, -0.25) is 14.5 Å². The second kappa shape index (κ2) is 7.66. The summed E-state index contributed by atoms with van der Waals surface area (Å²) in [6.07, 6.45) is 0. The zero-order chi connectivity index (χ0) is 19.6. The van der Waals surface area contributed by atoms with E-state index in [0.29, 0.717) is 18.0 Å². The number of ketones is 1. The number of carbonyl (C=O) groups excluding carboxylic acids is 2. The van der Waals surface area contributed by atoms with Crippen LogP contribution in [0.2, 0.25) is 0 Å². The molecule has 1 atom stereocenters. The van der Waals surface area contributed by atoms with Gasteiger partial charge in [-0.05, 0) is 36.8 Å². The molecular formula is C22H23NO4. The number of benzene rings is 2. The highest BCUT2D eigenvalue weighted by Crippen LogP contribution is 2.42. The van der Waals surface area contributed by atoms with Gasteiger partial charge in [0.25, 0.3) is 5.91 Å². The molecule has 0 bridgehead atoms. The molecule has 1 N–H and O–H groups in total. The van der Waals surface area contributed by atoms with Crippen molar-refractivity contribution >= 4 is 17.4 Å². The number of anilines is 1. The molecule has 2 aromatic carbocycles. The Bertz CT molecular complexity index is 869. The fourth-order valence-corrected chi connectivity index (χ4v) is 3.25. The lowest BCUT2D eigenvalue weighted by Crippen LogP contribution is -2.31. The summed E-state index contributed by atoms with van der Waals surface area (Å²) < 4.78 is 5.48. The Labute approximate surface area is 158 Å². The molecule has 1 amide bonds. The van der Waals surface area contributed by atoms with Gasteiger partial charge in [0.05, 0.1) is 18.2 Å². The van der Waals surface area contributed by atoms with E-state index in [1.807, 2.05) is 37.3 Å². The van der Waals surface area contributed by atoms with Gasteiger partial charge in [-0.25, -0.2) is 0 Å².